The van der Waals surface area contributed by atoms with E-state index in [0.717, 1.165) is 5.56 Å². The molecule has 28 heavy (non-hydrogen) atoms. The lowest BCUT2D eigenvalue weighted by Gasteiger charge is -2.27. The molecular formula is C20H19NO5S2. The van der Waals surface area contributed by atoms with E-state index in [0.29, 0.717) is 22.8 Å². The molecule has 1 aromatic heterocycles. The monoisotopic (exact) mass is 417 g/mol. The standard InChI is InChI=1S/C20H19NO5S2/c22-27(23)14-20(18-3-1-2-4-19(18)27)28(24,25)17-7-5-16(6-8-17)26-13-15-9-11-21-12-10-15/h1-12,20,22-23H,13-14H2. The molecule has 0 saturated carbocycles. The highest BCUT2D eigenvalue weighted by molar-refractivity contribution is 8.25. The highest BCUT2D eigenvalue weighted by Crippen LogP contribution is 2.61. The van der Waals surface area contributed by atoms with E-state index >= 15 is 0 Å². The molecule has 8 heteroatoms. The molecule has 0 spiro atoms. The molecule has 0 saturated heterocycles. The van der Waals surface area contributed by atoms with E-state index in [9.17, 15) is 17.5 Å². The topological polar surface area (TPSA) is 96.7 Å². The van der Waals surface area contributed by atoms with Gasteiger partial charge in [-0.25, -0.2) is 8.42 Å². The van der Waals surface area contributed by atoms with Gasteiger partial charge in [0.05, 0.1) is 15.5 Å². The van der Waals surface area contributed by atoms with Crippen LogP contribution in [0.25, 0.3) is 0 Å². The van der Waals surface area contributed by atoms with Gasteiger partial charge in [-0.15, -0.1) is 0 Å². The van der Waals surface area contributed by atoms with Crippen molar-refractivity contribution in [3.05, 3.63) is 84.2 Å². The van der Waals surface area contributed by atoms with Gasteiger partial charge >= 0.3 is 0 Å². The smallest absolute Gasteiger partial charge is 0.187 e. The number of benzene rings is 2. The molecule has 0 fully saturated rings. The minimum atomic E-state index is -3.77. The van der Waals surface area contributed by atoms with Crippen molar-refractivity contribution in [1.29, 1.82) is 0 Å². The summed E-state index contributed by atoms with van der Waals surface area (Å²) in [7, 11) is -6.87. The second-order valence-corrected chi connectivity index (χ2v) is 10.8. The maximum Gasteiger partial charge on any atom is 0.187 e. The molecule has 2 aromatic carbocycles. The SMILES string of the molecule is O=S(=O)(c1ccc(OCc2ccncc2)cc1)C1CS(O)(O)c2ccccc21. The average molecular weight is 418 g/mol. The van der Waals surface area contributed by atoms with Gasteiger partial charge < -0.3 is 4.74 Å². The first-order valence-corrected chi connectivity index (χ1v) is 11.8. The van der Waals surface area contributed by atoms with Gasteiger partial charge in [-0.1, -0.05) is 18.2 Å². The summed E-state index contributed by atoms with van der Waals surface area (Å²) in [5.41, 5.74) is 1.42. The largest absolute Gasteiger partial charge is 0.489 e. The van der Waals surface area contributed by atoms with Gasteiger partial charge in [-0.2, -0.15) is 10.6 Å². The Morgan fingerprint density at radius 3 is 2.39 bits per heavy atom. The summed E-state index contributed by atoms with van der Waals surface area (Å²) < 4.78 is 52.5. The van der Waals surface area contributed by atoms with Crippen molar-refractivity contribution in [2.75, 3.05) is 5.75 Å². The lowest BCUT2D eigenvalue weighted by atomic mass is 10.2. The Labute approximate surface area is 165 Å². The third-order valence-corrected chi connectivity index (χ3v) is 8.87. The predicted molar refractivity (Wildman–Crippen MR) is 107 cm³/mol. The van der Waals surface area contributed by atoms with Crippen LogP contribution < -0.4 is 4.74 Å². The van der Waals surface area contributed by atoms with Gasteiger partial charge in [-0.05, 0) is 53.6 Å². The number of rotatable bonds is 5. The molecule has 2 N–H and O–H groups in total. The number of sulfone groups is 1. The van der Waals surface area contributed by atoms with E-state index in [2.05, 4.69) is 4.98 Å². The van der Waals surface area contributed by atoms with Crippen LogP contribution in [0.3, 0.4) is 0 Å². The molecule has 146 valence electrons. The molecule has 0 aliphatic carbocycles. The zero-order valence-corrected chi connectivity index (χ0v) is 16.4. The van der Waals surface area contributed by atoms with Crippen molar-refractivity contribution >= 4 is 20.4 Å². The second-order valence-electron chi connectivity index (χ2n) is 6.52. The second kappa shape index (κ2) is 7.21. The van der Waals surface area contributed by atoms with Crippen molar-refractivity contribution < 1.29 is 22.3 Å². The zero-order chi connectivity index (χ0) is 19.8. The maximum absolute atomic E-state index is 13.1. The van der Waals surface area contributed by atoms with Crippen LogP contribution >= 0.6 is 10.6 Å². The number of hydrogen-bond acceptors (Lipinski definition) is 6. The fourth-order valence-electron chi connectivity index (χ4n) is 3.23. The van der Waals surface area contributed by atoms with Gasteiger partial charge in [0.25, 0.3) is 0 Å². The Morgan fingerprint density at radius 2 is 1.68 bits per heavy atom. The van der Waals surface area contributed by atoms with E-state index in [1.807, 2.05) is 12.1 Å². The Kier molecular flexibility index (Phi) is 4.88. The van der Waals surface area contributed by atoms with Gasteiger partial charge in [-0.3, -0.25) is 14.1 Å². The van der Waals surface area contributed by atoms with Crippen LogP contribution in [-0.4, -0.2) is 28.3 Å². The molecule has 0 amide bonds. The van der Waals surface area contributed by atoms with Crippen molar-refractivity contribution in [3.8, 4) is 5.75 Å². The van der Waals surface area contributed by atoms with Crippen LogP contribution in [0.15, 0.2) is 82.8 Å². The van der Waals surface area contributed by atoms with E-state index in [-0.39, 0.29) is 10.6 Å². The summed E-state index contributed by atoms with van der Waals surface area (Å²) in [6.45, 7) is 0.353. The lowest BCUT2D eigenvalue weighted by Crippen LogP contribution is -2.15. The first kappa shape index (κ1) is 18.9. The number of hydrogen-bond donors (Lipinski definition) is 2. The van der Waals surface area contributed by atoms with Crippen LogP contribution in [-0.2, 0) is 16.4 Å². The minimum absolute atomic E-state index is 0.126. The minimum Gasteiger partial charge on any atom is -0.489 e. The molecule has 1 aliphatic heterocycles. The van der Waals surface area contributed by atoms with Crippen molar-refractivity contribution in [3.63, 3.8) is 0 Å². The summed E-state index contributed by atoms with van der Waals surface area (Å²) in [5, 5.41) is -0.975. The molecule has 1 atom stereocenters. The summed E-state index contributed by atoms with van der Waals surface area (Å²) in [5.74, 6) is 0.335. The summed E-state index contributed by atoms with van der Waals surface area (Å²) in [6, 6.07) is 16.5. The first-order chi connectivity index (χ1) is 13.4. The highest BCUT2D eigenvalue weighted by Gasteiger charge is 2.42. The Hall–Kier alpha value is -2.39. The van der Waals surface area contributed by atoms with Crippen LogP contribution in [0, 0.1) is 0 Å². The number of fused-ring (bicyclic) bond motifs is 1. The van der Waals surface area contributed by atoms with Crippen molar-refractivity contribution in [2.24, 2.45) is 0 Å². The van der Waals surface area contributed by atoms with E-state index in [1.54, 1.807) is 48.8 Å². The summed E-state index contributed by atoms with van der Waals surface area (Å²) in [4.78, 5) is 4.39. The molecule has 0 bridgehead atoms. The zero-order valence-electron chi connectivity index (χ0n) is 14.8. The molecule has 4 rings (SSSR count). The summed E-state index contributed by atoms with van der Waals surface area (Å²) >= 11 is 0. The van der Waals surface area contributed by atoms with Crippen LogP contribution in [0.4, 0.5) is 0 Å². The normalized spacial score (nSPS) is 19.0. The Balaban J connectivity index is 1.56. The molecule has 3 aromatic rings. The third-order valence-electron chi connectivity index (χ3n) is 4.68. The van der Waals surface area contributed by atoms with Crippen molar-refractivity contribution in [1.82, 2.24) is 4.98 Å². The highest BCUT2D eigenvalue weighted by atomic mass is 32.3. The molecule has 0 radical (unpaired) electrons. The number of aromatic nitrogens is 1. The molecular weight excluding hydrogens is 398 g/mol. The number of ether oxygens (including phenoxy) is 1. The van der Waals surface area contributed by atoms with Gasteiger partial charge in [0.2, 0.25) is 0 Å². The van der Waals surface area contributed by atoms with E-state index in [1.165, 1.54) is 12.1 Å². The Morgan fingerprint density at radius 1 is 1.00 bits per heavy atom. The fraction of sp³-hybridized carbons (Fsp3) is 0.150. The number of nitrogens with zero attached hydrogens (tertiary/aromatic N) is 1. The third kappa shape index (κ3) is 3.51. The fourth-order valence-corrected chi connectivity index (χ4v) is 7.64. The van der Waals surface area contributed by atoms with E-state index in [4.69, 9.17) is 4.74 Å². The lowest BCUT2D eigenvalue weighted by molar-refractivity contribution is 0.306. The Bertz CT molecular complexity index is 1080. The van der Waals surface area contributed by atoms with Gasteiger partial charge in [0.1, 0.15) is 17.6 Å². The van der Waals surface area contributed by atoms with Crippen LogP contribution in [0.1, 0.15) is 16.4 Å². The maximum atomic E-state index is 13.1. The van der Waals surface area contributed by atoms with E-state index < -0.39 is 25.7 Å². The number of pyridine rings is 1. The van der Waals surface area contributed by atoms with Gasteiger partial charge in [0, 0.05) is 12.4 Å². The first-order valence-electron chi connectivity index (χ1n) is 8.58. The molecule has 1 unspecified atom stereocenters. The van der Waals surface area contributed by atoms with Gasteiger partial charge in [0.15, 0.2) is 9.84 Å². The quantitative estimate of drug-likeness (QED) is 0.642. The average Bonchev–Trinajstić information content (AvgIpc) is 3.00. The molecule has 1 aliphatic rings. The van der Waals surface area contributed by atoms with Crippen molar-refractivity contribution in [2.45, 2.75) is 21.6 Å². The van der Waals surface area contributed by atoms with Crippen LogP contribution in [0.2, 0.25) is 0 Å². The summed E-state index contributed by atoms with van der Waals surface area (Å²) in [6.07, 6.45) is 3.36. The predicted octanol–water partition coefficient (Wildman–Crippen LogP) is 4.30. The molecule has 2 heterocycles. The van der Waals surface area contributed by atoms with Crippen LogP contribution in [0.5, 0.6) is 5.75 Å². The molecule has 6 nitrogen and oxygen atoms in total.